The summed E-state index contributed by atoms with van der Waals surface area (Å²) in [6, 6.07) is 7.64. The normalized spacial score (nSPS) is 19.6. The van der Waals surface area contributed by atoms with Crippen molar-refractivity contribution < 1.29 is 41.7 Å². The van der Waals surface area contributed by atoms with E-state index < -0.39 is 47.4 Å². The molecule has 4 aromatic rings. The van der Waals surface area contributed by atoms with Gasteiger partial charge in [-0.05, 0) is 56.2 Å². The molecule has 4 N–H and O–H groups in total. The van der Waals surface area contributed by atoms with Gasteiger partial charge < -0.3 is 25.6 Å². The van der Waals surface area contributed by atoms with Gasteiger partial charge in [-0.3, -0.25) is 9.59 Å². The van der Waals surface area contributed by atoms with Gasteiger partial charge in [0.05, 0.1) is 24.4 Å². The minimum Gasteiger partial charge on any atom is -0.494 e. The van der Waals surface area contributed by atoms with Crippen molar-refractivity contribution in [2.24, 2.45) is 5.73 Å². The topological polar surface area (TPSA) is 142 Å². The Morgan fingerprint density at radius 2 is 2.00 bits per heavy atom. The second-order valence-electron chi connectivity index (χ2n) is 11.4. The first-order chi connectivity index (χ1) is 21.2. The molecule has 2 atom stereocenters. The Bertz CT molecular complexity index is 1880. The zero-order valence-corrected chi connectivity index (χ0v) is 24.6. The average molecular weight is 648 g/mol. The van der Waals surface area contributed by atoms with Crippen LogP contribution in [0.3, 0.4) is 0 Å². The molecule has 3 heterocycles. The standard InChI is InChI=1S/C30H26ClF4N5O5/c1-28(26(36)42)13-45-24-17(28)10-21(38-23(24)14-3-4-19(32)18(31)8-14)30(43,29(35)5-6-29)12-37-25(41)15-7-16-11-40(27(33)34)39-22(16)20(9-15)44-2/h3-4,7-11,27,43H,5-6,12-13H2,1-2H3,(H2,36,42)(H,37,41)/t28-,30?/m0/s1. The van der Waals surface area contributed by atoms with E-state index >= 15 is 4.39 Å². The number of benzene rings is 2. The molecule has 2 aromatic carbocycles. The Labute approximate surface area is 258 Å². The molecule has 0 bridgehead atoms. The third-order valence-corrected chi connectivity index (χ3v) is 8.73. The van der Waals surface area contributed by atoms with Crippen LogP contribution in [0.4, 0.5) is 17.6 Å². The minimum absolute atomic E-state index is 0.0301. The predicted octanol–water partition coefficient (Wildman–Crippen LogP) is 4.55. The molecular weight excluding hydrogens is 622 g/mol. The maximum Gasteiger partial charge on any atom is 0.333 e. The summed E-state index contributed by atoms with van der Waals surface area (Å²) in [6.07, 6.45) is 0.921. The van der Waals surface area contributed by atoms with Gasteiger partial charge in [-0.25, -0.2) is 18.4 Å². The number of aromatic nitrogens is 3. The predicted molar refractivity (Wildman–Crippen MR) is 154 cm³/mol. The number of fused-ring (bicyclic) bond motifs is 2. The summed E-state index contributed by atoms with van der Waals surface area (Å²) >= 11 is 6.03. The molecule has 2 amide bonds. The Balaban J connectivity index is 1.42. The summed E-state index contributed by atoms with van der Waals surface area (Å²) in [5.41, 5.74) is 0.0434. The second kappa shape index (κ2) is 10.6. The second-order valence-corrected chi connectivity index (χ2v) is 11.8. The van der Waals surface area contributed by atoms with Crippen LogP contribution in [0.5, 0.6) is 11.5 Å². The van der Waals surface area contributed by atoms with E-state index in [1.165, 1.54) is 44.4 Å². The van der Waals surface area contributed by atoms with Gasteiger partial charge in [0, 0.05) is 28.3 Å². The highest BCUT2D eigenvalue weighted by Gasteiger charge is 2.62. The molecule has 10 nitrogen and oxygen atoms in total. The summed E-state index contributed by atoms with van der Waals surface area (Å²) in [5, 5.41) is 18.3. The summed E-state index contributed by atoms with van der Waals surface area (Å²) < 4.78 is 68.1. The molecule has 1 saturated carbocycles. The van der Waals surface area contributed by atoms with Crippen molar-refractivity contribution in [1.82, 2.24) is 20.1 Å². The van der Waals surface area contributed by atoms with Crippen molar-refractivity contribution in [1.29, 1.82) is 0 Å². The molecule has 1 unspecified atom stereocenters. The fraction of sp³-hybridized carbons (Fsp3) is 0.333. The van der Waals surface area contributed by atoms with Crippen LogP contribution in [-0.4, -0.2) is 57.6 Å². The number of aliphatic hydroxyl groups is 1. The van der Waals surface area contributed by atoms with Gasteiger partial charge in [0.25, 0.3) is 5.91 Å². The van der Waals surface area contributed by atoms with Crippen molar-refractivity contribution in [2.45, 2.75) is 43.0 Å². The highest BCUT2D eigenvalue weighted by molar-refractivity contribution is 6.31. The van der Waals surface area contributed by atoms with Gasteiger partial charge in [0.2, 0.25) is 5.91 Å². The molecule has 0 saturated heterocycles. The highest BCUT2D eigenvalue weighted by atomic mass is 35.5. The number of halogens is 5. The van der Waals surface area contributed by atoms with Crippen LogP contribution in [0.1, 0.15) is 47.9 Å². The Morgan fingerprint density at radius 3 is 2.62 bits per heavy atom. The number of carbonyl (C=O) groups is 2. The van der Waals surface area contributed by atoms with Gasteiger partial charge >= 0.3 is 6.55 Å². The van der Waals surface area contributed by atoms with Crippen LogP contribution in [0.15, 0.2) is 42.6 Å². The number of ether oxygens (including phenoxy) is 2. The Kier molecular flexibility index (Phi) is 7.20. The van der Waals surface area contributed by atoms with Gasteiger partial charge in [0.1, 0.15) is 46.2 Å². The molecule has 236 valence electrons. The van der Waals surface area contributed by atoms with E-state index in [2.05, 4.69) is 15.4 Å². The van der Waals surface area contributed by atoms with Crippen LogP contribution in [0, 0.1) is 5.82 Å². The number of methoxy groups -OCH3 is 1. The van der Waals surface area contributed by atoms with Gasteiger partial charge in [-0.15, -0.1) is 0 Å². The number of carbonyl (C=O) groups excluding carboxylic acids is 2. The van der Waals surface area contributed by atoms with Crippen molar-refractivity contribution in [3.05, 3.63) is 70.3 Å². The largest absolute Gasteiger partial charge is 0.494 e. The molecule has 0 spiro atoms. The first-order valence-corrected chi connectivity index (χ1v) is 14.1. The Morgan fingerprint density at radius 1 is 1.27 bits per heavy atom. The molecule has 1 aliphatic carbocycles. The van der Waals surface area contributed by atoms with Crippen LogP contribution in [0.2, 0.25) is 5.02 Å². The quantitative estimate of drug-likeness (QED) is 0.226. The van der Waals surface area contributed by atoms with Gasteiger partial charge in [-0.1, -0.05) is 11.6 Å². The minimum atomic E-state index is -2.92. The van der Waals surface area contributed by atoms with E-state index in [-0.39, 0.29) is 75.0 Å². The Hall–Kier alpha value is -4.43. The number of rotatable bonds is 9. The number of hydrogen-bond acceptors (Lipinski definition) is 7. The number of nitrogens with one attached hydrogen (secondary N) is 1. The monoisotopic (exact) mass is 647 g/mol. The van der Waals surface area contributed by atoms with Crippen molar-refractivity contribution >= 4 is 34.3 Å². The van der Waals surface area contributed by atoms with Crippen molar-refractivity contribution in [2.75, 3.05) is 20.3 Å². The average Bonchev–Trinajstić information content (AvgIpc) is 3.46. The number of pyridine rings is 1. The van der Waals surface area contributed by atoms with E-state index in [9.17, 15) is 27.9 Å². The van der Waals surface area contributed by atoms with Crippen LogP contribution in [0.25, 0.3) is 22.2 Å². The fourth-order valence-electron chi connectivity index (χ4n) is 5.46. The molecule has 15 heteroatoms. The lowest BCUT2D eigenvalue weighted by molar-refractivity contribution is -0.123. The maximum absolute atomic E-state index is 16.1. The number of primary amides is 1. The summed E-state index contributed by atoms with van der Waals surface area (Å²) in [6.45, 7) is -2.25. The lowest BCUT2D eigenvalue weighted by Crippen LogP contribution is -2.49. The zero-order valence-electron chi connectivity index (χ0n) is 23.8. The summed E-state index contributed by atoms with van der Waals surface area (Å²) in [4.78, 5) is 30.4. The van der Waals surface area contributed by atoms with E-state index in [1.54, 1.807) is 0 Å². The molecular formula is C30H26ClF4N5O5. The molecule has 0 radical (unpaired) electrons. The van der Waals surface area contributed by atoms with Crippen LogP contribution >= 0.6 is 11.6 Å². The van der Waals surface area contributed by atoms with Gasteiger partial charge in [-0.2, -0.15) is 13.9 Å². The maximum atomic E-state index is 16.1. The molecule has 1 fully saturated rings. The number of nitrogens with zero attached hydrogens (tertiary/aromatic N) is 3. The molecule has 45 heavy (non-hydrogen) atoms. The number of amides is 2. The lowest BCUT2D eigenvalue weighted by Gasteiger charge is -2.33. The summed E-state index contributed by atoms with van der Waals surface area (Å²) in [7, 11) is 1.28. The number of nitrogens with two attached hydrogens (primary N) is 1. The number of hydrogen-bond donors (Lipinski definition) is 3. The van der Waals surface area contributed by atoms with Crippen molar-refractivity contribution in [3.8, 4) is 22.8 Å². The smallest absolute Gasteiger partial charge is 0.333 e. The van der Waals surface area contributed by atoms with Crippen molar-refractivity contribution in [3.63, 3.8) is 0 Å². The van der Waals surface area contributed by atoms with Crippen LogP contribution < -0.4 is 20.5 Å². The molecule has 1 aliphatic heterocycles. The fourth-order valence-corrected chi connectivity index (χ4v) is 5.64. The molecule has 2 aliphatic rings. The highest BCUT2D eigenvalue weighted by Crippen LogP contribution is 2.55. The van der Waals surface area contributed by atoms with E-state index in [1.807, 2.05) is 0 Å². The SMILES string of the molecule is COc1cc(C(=O)NCC(O)(c2cc3c(c(-c4ccc(F)c(Cl)c4)n2)OC[C@]3(C)C(N)=O)C2(F)CC2)cc2cn(C(F)F)nc12. The lowest BCUT2D eigenvalue weighted by atomic mass is 9.80. The van der Waals surface area contributed by atoms with E-state index in [4.69, 9.17) is 26.8 Å². The number of alkyl halides is 3. The van der Waals surface area contributed by atoms with Crippen LogP contribution in [-0.2, 0) is 15.8 Å². The first kappa shape index (κ1) is 30.6. The van der Waals surface area contributed by atoms with E-state index in [0.29, 0.717) is 4.68 Å². The van der Waals surface area contributed by atoms with E-state index in [0.717, 1.165) is 12.3 Å². The zero-order chi connectivity index (χ0) is 32.5. The first-order valence-electron chi connectivity index (χ1n) is 13.7. The van der Waals surface area contributed by atoms with Gasteiger partial charge in [0.15, 0.2) is 5.60 Å². The molecule has 2 aromatic heterocycles. The third kappa shape index (κ3) is 4.92. The third-order valence-electron chi connectivity index (χ3n) is 8.44. The summed E-state index contributed by atoms with van der Waals surface area (Å²) in [5.74, 6) is -2.06. The molecule has 6 rings (SSSR count).